The molecule has 2 heterocycles. The van der Waals surface area contributed by atoms with Crippen molar-refractivity contribution < 1.29 is 4.79 Å². The highest BCUT2D eigenvalue weighted by Gasteiger charge is 2.18. The average Bonchev–Trinajstić information content (AvgIpc) is 3.34. The predicted molar refractivity (Wildman–Crippen MR) is 106 cm³/mol. The van der Waals surface area contributed by atoms with E-state index in [4.69, 9.17) is 0 Å². The van der Waals surface area contributed by atoms with Gasteiger partial charge in [0.05, 0.1) is 22.8 Å². The summed E-state index contributed by atoms with van der Waals surface area (Å²) in [7, 11) is 0. The van der Waals surface area contributed by atoms with Crippen LogP contribution >= 0.6 is 11.3 Å². The zero-order valence-electron chi connectivity index (χ0n) is 14.4. The standard InChI is InChI=1S/C21H19N3OS/c1-2-16(20-22-13-17(23-20)14-8-4-3-5-9-14)24-21(25)19-12-15-10-6-7-11-18(15)26-19/h3-13,16H,2H2,1H3,(H,22,23)(H,24,25). The van der Waals surface area contributed by atoms with E-state index in [9.17, 15) is 4.79 Å². The summed E-state index contributed by atoms with van der Waals surface area (Å²) in [5, 5.41) is 4.20. The summed E-state index contributed by atoms with van der Waals surface area (Å²) < 4.78 is 1.12. The molecule has 1 atom stereocenters. The van der Waals surface area contributed by atoms with E-state index in [1.54, 1.807) is 0 Å². The van der Waals surface area contributed by atoms with Crippen molar-refractivity contribution in [3.05, 3.63) is 77.6 Å². The molecule has 4 rings (SSSR count). The molecule has 0 saturated heterocycles. The van der Waals surface area contributed by atoms with E-state index < -0.39 is 0 Å². The number of benzene rings is 2. The van der Waals surface area contributed by atoms with Crippen LogP contribution in [0.15, 0.2) is 66.9 Å². The Hall–Kier alpha value is -2.92. The summed E-state index contributed by atoms with van der Waals surface area (Å²) in [4.78, 5) is 21.2. The van der Waals surface area contributed by atoms with Crippen LogP contribution in [-0.4, -0.2) is 15.9 Å². The zero-order chi connectivity index (χ0) is 17.9. The molecular formula is C21H19N3OS. The van der Waals surface area contributed by atoms with E-state index in [2.05, 4.69) is 15.3 Å². The third-order valence-corrected chi connectivity index (χ3v) is 5.49. The van der Waals surface area contributed by atoms with Crippen molar-refractivity contribution in [3.63, 3.8) is 0 Å². The third kappa shape index (κ3) is 3.26. The second-order valence-corrected chi connectivity index (χ2v) is 7.21. The van der Waals surface area contributed by atoms with E-state index in [1.807, 2.05) is 73.8 Å². The lowest BCUT2D eigenvalue weighted by Crippen LogP contribution is -2.28. The molecule has 0 bridgehead atoms. The molecule has 0 saturated carbocycles. The predicted octanol–water partition coefficient (Wildman–Crippen LogP) is 5.17. The summed E-state index contributed by atoms with van der Waals surface area (Å²) in [6.07, 6.45) is 2.58. The van der Waals surface area contributed by atoms with Crippen LogP contribution < -0.4 is 5.32 Å². The second-order valence-electron chi connectivity index (χ2n) is 6.13. The molecule has 1 unspecified atom stereocenters. The molecule has 0 fully saturated rings. The van der Waals surface area contributed by atoms with Gasteiger partial charge >= 0.3 is 0 Å². The van der Waals surface area contributed by atoms with Crippen molar-refractivity contribution in [3.8, 4) is 11.3 Å². The number of nitrogens with one attached hydrogen (secondary N) is 2. The van der Waals surface area contributed by atoms with E-state index in [0.29, 0.717) is 0 Å². The number of nitrogens with zero attached hydrogens (tertiary/aromatic N) is 1. The lowest BCUT2D eigenvalue weighted by Gasteiger charge is -2.14. The van der Waals surface area contributed by atoms with Gasteiger partial charge in [0.1, 0.15) is 5.82 Å². The first kappa shape index (κ1) is 16.5. The number of amides is 1. The molecule has 130 valence electrons. The lowest BCUT2D eigenvalue weighted by atomic mass is 10.2. The summed E-state index contributed by atoms with van der Waals surface area (Å²) in [5.41, 5.74) is 2.03. The van der Waals surface area contributed by atoms with Gasteiger partial charge in [0, 0.05) is 4.70 Å². The van der Waals surface area contributed by atoms with Crippen LogP contribution in [0.4, 0.5) is 0 Å². The Labute approximate surface area is 155 Å². The molecular weight excluding hydrogens is 342 g/mol. The van der Waals surface area contributed by atoms with Crippen molar-refractivity contribution >= 4 is 27.3 Å². The minimum atomic E-state index is -0.148. The van der Waals surface area contributed by atoms with Crippen LogP contribution in [0.5, 0.6) is 0 Å². The first-order valence-electron chi connectivity index (χ1n) is 8.64. The Balaban J connectivity index is 1.54. The van der Waals surface area contributed by atoms with Crippen LogP contribution in [0.25, 0.3) is 21.3 Å². The molecule has 1 amide bonds. The maximum Gasteiger partial charge on any atom is 0.261 e. The fourth-order valence-corrected chi connectivity index (χ4v) is 3.93. The molecule has 0 aliphatic carbocycles. The first-order chi connectivity index (χ1) is 12.7. The van der Waals surface area contributed by atoms with Crippen molar-refractivity contribution in [1.82, 2.24) is 15.3 Å². The molecule has 0 aliphatic heterocycles. The maximum absolute atomic E-state index is 12.7. The number of imidazole rings is 1. The smallest absolute Gasteiger partial charge is 0.261 e. The van der Waals surface area contributed by atoms with Gasteiger partial charge in [-0.25, -0.2) is 4.98 Å². The number of aromatic nitrogens is 2. The normalized spacial score (nSPS) is 12.2. The van der Waals surface area contributed by atoms with Crippen LogP contribution in [0.2, 0.25) is 0 Å². The number of fused-ring (bicyclic) bond motifs is 1. The third-order valence-electron chi connectivity index (χ3n) is 4.37. The molecule has 2 aromatic carbocycles. The van der Waals surface area contributed by atoms with Gasteiger partial charge in [0.25, 0.3) is 5.91 Å². The quantitative estimate of drug-likeness (QED) is 0.515. The largest absolute Gasteiger partial charge is 0.341 e. The van der Waals surface area contributed by atoms with Gasteiger partial charge in [-0.3, -0.25) is 4.79 Å². The van der Waals surface area contributed by atoms with Crippen LogP contribution in [0, 0.1) is 0 Å². The molecule has 0 spiro atoms. The number of carbonyl (C=O) groups is 1. The van der Waals surface area contributed by atoms with Crippen LogP contribution in [0.1, 0.15) is 34.9 Å². The van der Waals surface area contributed by atoms with Gasteiger partial charge in [-0.15, -0.1) is 11.3 Å². The Kier molecular flexibility index (Phi) is 4.54. The summed E-state index contributed by atoms with van der Waals surface area (Å²) in [6, 6.07) is 19.9. The van der Waals surface area contributed by atoms with Crippen molar-refractivity contribution in [2.24, 2.45) is 0 Å². The molecule has 2 aromatic heterocycles. The zero-order valence-corrected chi connectivity index (χ0v) is 15.2. The summed E-state index contributed by atoms with van der Waals surface area (Å²) in [6.45, 7) is 2.04. The van der Waals surface area contributed by atoms with E-state index >= 15 is 0 Å². The first-order valence-corrected chi connectivity index (χ1v) is 9.46. The van der Waals surface area contributed by atoms with Gasteiger partial charge < -0.3 is 10.3 Å². The Morgan fingerprint density at radius 1 is 1.15 bits per heavy atom. The highest BCUT2D eigenvalue weighted by atomic mass is 32.1. The Morgan fingerprint density at radius 3 is 2.69 bits per heavy atom. The number of thiophene rings is 1. The molecule has 5 heteroatoms. The number of rotatable bonds is 5. The number of carbonyl (C=O) groups excluding carboxylic acids is 1. The van der Waals surface area contributed by atoms with Crippen LogP contribution in [-0.2, 0) is 0 Å². The van der Waals surface area contributed by atoms with E-state index in [0.717, 1.165) is 38.5 Å². The SMILES string of the molecule is CCC(NC(=O)c1cc2ccccc2s1)c1ncc(-c2ccccc2)[nH]1. The monoisotopic (exact) mass is 361 g/mol. The molecule has 0 radical (unpaired) electrons. The minimum Gasteiger partial charge on any atom is -0.341 e. The molecule has 26 heavy (non-hydrogen) atoms. The number of aromatic amines is 1. The van der Waals surface area contributed by atoms with Crippen molar-refractivity contribution in [2.75, 3.05) is 0 Å². The highest BCUT2D eigenvalue weighted by molar-refractivity contribution is 7.20. The minimum absolute atomic E-state index is 0.0595. The summed E-state index contributed by atoms with van der Waals surface area (Å²) >= 11 is 1.51. The van der Waals surface area contributed by atoms with E-state index in [1.165, 1.54) is 11.3 Å². The number of hydrogen-bond acceptors (Lipinski definition) is 3. The Morgan fingerprint density at radius 2 is 1.92 bits per heavy atom. The molecule has 4 aromatic rings. The lowest BCUT2D eigenvalue weighted by molar-refractivity contribution is 0.0938. The maximum atomic E-state index is 12.7. The van der Waals surface area contributed by atoms with Gasteiger partial charge in [-0.2, -0.15) is 0 Å². The topological polar surface area (TPSA) is 57.8 Å². The molecule has 4 nitrogen and oxygen atoms in total. The molecule has 2 N–H and O–H groups in total. The highest BCUT2D eigenvalue weighted by Crippen LogP contribution is 2.26. The van der Waals surface area contributed by atoms with Gasteiger partial charge in [0.15, 0.2) is 0 Å². The fourth-order valence-electron chi connectivity index (χ4n) is 2.97. The second kappa shape index (κ2) is 7.14. The van der Waals surface area contributed by atoms with Crippen LogP contribution in [0.3, 0.4) is 0 Å². The Bertz CT molecular complexity index is 1000. The number of hydrogen-bond donors (Lipinski definition) is 2. The molecule has 0 aliphatic rings. The van der Waals surface area contributed by atoms with Gasteiger partial charge in [-0.1, -0.05) is 55.5 Å². The van der Waals surface area contributed by atoms with Gasteiger partial charge in [-0.05, 0) is 29.5 Å². The summed E-state index contributed by atoms with van der Waals surface area (Å²) in [5.74, 6) is 0.719. The fraction of sp³-hybridized carbons (Fsp3) is 0.143. The van der Waals surface area contributed by atoms with Gasteiger partial charge in [0.2, 0.25) is 0 Å². The average molecular weight is 361 g/mol. The number of H-pyrrole nitrogens is 1. The van der Waals surface area contributed by atoms with E-state index in [-0.39, 0.29) is 11.9 Å². The van der Waals surface area contributed by atoms with Crippen molar-refractivity contribution in [1.29, 1.82) is 0 Å². The van der Waals surface area contributed by atoms with Crippen molar-refractivity contribution in [2.45, 2.75) is 19.4 Å².